The molecule has 1 unspecified atom stereocenters. The van der Waals surface area contributed by atoms with Crippen LogP contribution in [0.1, 0.15) is 31.7 Å². The third-order valence-corrected chi connectivity index (χ3v) is 7.07. The molecule has 0 aromatic heterocycles. The number of benzene rings is 1. The van der Waals surface area contributed by atoms with Crippen molar-refractivity contribution in [2.75, 3.05) is 6.54 Å². The number of aryl methyl sites for hydroxylation is 1. The molecule has 1 aromatic rings. The first-order valence-corrected chi connectivity index (χ1v) is 10.1. The van der Waals surface area contributed by atoms with E-state index in [4.69, 9.17) is 9.92 Å². The highest BCUT2D eigenvalue weighted by Gasteiger charge is 2.56. The van der Waals surface area contributed by atoms with Crippen LogP contribution in [-0.4, -0.2) is 20.9 Å². The van der Waals surface area contributed by atoms with Crippen LogP contribution in [0.3, 0.4) is 0 Å². The summed E-state index contributed by atoms with van der Waals surface area (Å²) in [6.07, 6.45) is 6.32. The van der Waals surface area contributed by atoms with Gasteiger partial charge in [-0.3, -0.25) is 4.79 Å². The summed E-state index contributed by atoms with van der Waals surface area (Å²) in [7, 11) is -4.09. The van der Waals surface area contributed by atoms with E-state index >= 15 is 0 Å². The van der Waals surface area contributed by atoms with E-state index in [1.165, 1.54) is 12.1 Å². The van der Waals surface area contributed by atoms with Crippen molar-refractivity contribution in [1.29, 1.82) is 0 Å². The number of carbonyl (C=O) groups is 1. The lowest BCUT2D eigenvalue weighted by Crippen LogP contribution is -2.53. The Bertz CT molecular complexity index is 784. The minimum atomic E-state index is -4.09. The first-order valence-electron chi connectivity index (χ1n) is 8.74. The molecule has 2 aliphatic rings. The van der Waals surface area contributed by atoms with Gasteiger partial charge in [0.15, 0.2) is 0 Å². The average Bonchev–Trinajstić information content (AvgIpc) is 2.90. The van der Waals surface area contributed by atoms with Crippen LogP contribution in [0.4, 0.5) is 0 Å². The Kier molecular flexibility index (Phi) is 4.77. The Balaban J connectivity index is 1.68. The standard InChI is InChI=1S/C19H25NO4S/c1-3-14-6-9-17-16(14)10-19(17,12-20)11-18(21)24-25(22,23)15-7-4-13(2)5-8-15/h4-9,14,16-17H,3,10-12,20H2,1-2H3/t14?,16-,17+,19+/m0/s1. The molecule has 0 aliphatic heterocycles. The number of allylic oxidation sites excluding steroid dienone is 2. The highest BCUT2D eigenvalue weighted by molar-refractivity contribution is 7.87. The predicted octanol–water partition coefficient (Wildman–Crippen LogP) is 2.79. The predicted molar refractivity (Wildman–Crippen MR) is 95.1 cm³/mol. The van der Waals surface area contributed by atoms with Crippen LogP contribution in [0.15, 0.2) is 41.3 Å². The van der Waals surface area contributed by atoms with E-state index in [0.29, 0.717) is 18.4 Å². The molecule has 0 bridgehead atoms. The van der Waals surface area contributed by atoms with E-state index in [-0.39, 0.29) is 22.6 Å². The molecule has 0 radical (unpaired) electrons. The fourth-order valence-corrected chi connectivity index (χ4v) is 5.18. The second-order valence-electron chi connectivity index (χ2n) is 7.32. The van der Waals surface area contributed by atoms with Crippen LogP contribution in [0.25, 0.3) is 0 Å². The summed E-state index contributed by atoms with van der Waals surface area (Å²) < 4.78 is 29.4. The maximum absolute atomic E-state index is 12.3. The van der Waals surface area contributed by atoms with Gasteiger partial charge in [0.1, 0.15) is 4.90 Å². The van der Waals surface area contributed by atoms with Gasteiger partial charge in [-0.05, 0) is 61.6 Å². The molecule has 1 aromatic carbocycles. The van der Waals surface area contributed by atoms with Gasteiger partial charge < -0.3 is 9.92 Å². The molecule has 2 aliphatic carbocycles. The molecule has 0 saturated heterocycles. The van der Waals surface area contributed by atoms with Crippen molar-refractivity contribution < 1.29 is 17.4 Å². The summed E-state index contributed by atoms with van der Waals surface area (Å²) in [5.74, 6) is 0.585. The summed E-state index contributed by atoms with van der Waals surface area (Å²) in [5, 5.41) is 0. The van der Waals surface area contributed by atoms with Crippen molar-refractivity contribution in [2.24, 2.45) is 28.9 Å². The van der Waals surface area contributed by atoms with Crippen LogP contribution in [0, 0.1) is 30.1 Å². The number of hydrogen-bond donors (Lipinski definition) is 1. The lowest BCUT2D eigenvalue weighted by molar-refractivity contribution is -0.141. The fourth-order valence-electron chi connectivity index (χ4n) is 4.31. The molecule has 1 fully saturated rings. The quantitative estimate of drug-likeness (QED) is 0.620. The van der Waals surface area contributed by atoms with Crippen molar-refractivity contribution >= 4 is 16.1 Å². The summed E-state index contributed by atoms with van der Waals surface area (Å²) >= 11 is 0. The van der Waals surface area contributed by atoms with Crippen LogP contribution in [0.5, 0.6) is 0 Å². The summed E-state index contributed by atoms with van der Waals surface area (Å²) in [5.41, 5.74) is 6.53. The van der Waals surface area contributed by atoms with Crippen molar-refractivity contribution in [3.05, 3.63) is 42.0 Å². The average molecular weight is 363 g/mol. The zero-order valence-electron chi connectivity index (χ0n) is 14.6. The van der Waals surface area contributed by atoms with E-state index < -0.39 is 16.1 Å². The zero-order chi connectivity index (χ0) is 18.2. The number of carbonyl (C=O) groups excluding carboxylic acids is 1. The largest absolute Gasteiger partial charge is 0.342 e. The van der Waals surface area contributed by atoms with Gasteiger partial charge in [0.2, 0.25) is 0 Å². The molecule has 0 amide bonds. The van der Waals surface area contributed by atoms with E-state index in [2.05, 4.69) is 19.1 Å². The van der Waals surface area contributed by atoms with Crippen LogP contribution >= 0.6 is 0 Å². The first kappa shape index (κ1) is 18.1. The lowest BCUT2D eigenvalue weighted by Gasteiger charge is -2.53. The second kappa shape index (κ2) is 6.57. The smallest absolute Gasteiger partial charge is 0.341 e. The maximum atomic E-state index is 12.3. The molecule has 136 valence electrons. The summed E-state index contributed by atoms with van der Waals surface area (Å²) in [4.78, 5) is 12.3. The minimum Gasteiger partial charge on any atom is -0.342 e. The van der Waals surface area contributed by atoms with Crippen LogP contribution in [0.2, 0.25) is 0 Å². The molecule has 25 heavy (non-hydrogen) atoms. The van der Waals surface area contributed by atoms with E-state index in [0.717, 1.165) is 18.4 Å². The number of fused-ring (bicyclic) bond motifs is 1. The molecule has 0 spiro atoms. The normalized spacial score (nSPS) is 30.6. The van der Waals surface area contributed by atoms with Crippen LogP contribution in [-0.2, 0) is 19.1 Å². The monoisotopic (exact) mass is 363 g/mol. The molecule has 6 heteroatoms. The Labute approximate surface area is 149 Å². The Morgan fingerprint density at radius 3 is 2.56 bits per heavy atom. The van der Waals surface area contributed by atoms with Crippen molar-refractivity contribution in [3.63, 3.8) is 0 Å². The van der Waals surface area contributed by atoms with Gasteiger partial charge in [0.05, 0.1) is 6.42 Å². The van der Waals surface area contributed by atoms with Crippen LogP contribution < -0.4 is 5.73 Å². The van der Waals surface area contributed by atoms with Gasteiger partial charge in [-0.2, -0.15) is 8.42 Å². The summed E-state index contributed by atoms with van der Waals surface area (Å²) in [6, 6.07) is 6.24. The Hall–Kier alpha value is -1.66. The number of nitrogens with two attached hydrogens (primary N) is 1. The van der Waals surface area contributed by atoms with E-state index in [1.807, 2.05) is 6.92 Å². The minimum absolute atomic E-state index is 0.00783. The highest BCUT2D eigenvalue weighted by atomic mass is 32.2. The molecule has 2 N–H and O–H groups in total. The van der Waals surface area contributed by atoms with Gasteiger partial charge in [-0.1, -0.05) is 36.8 Å². The summed E-state index contributed by atoms with van der Waals surface area (Å²) in [6.45, 7) is 4.37. The van der Waals surface area contributed by atoms with Gasteiger partial charge in [-0.15, -0.1) is 0 Å². The Morgan fingerprint density at radius 1 is 1.28 bits per heavy atom. The topological polar surface area (TPSA) is 86.5 Å². The van der Waals surface area contributed by atoms with Gasteiger partial charge in [-0.25, -0.2) is 0 Å². The van der Waals surface area contributed by atoms with Crippen molar-refractivity contribution in [3.8, 4) is 0 Å². The molecule has 0 heterocycles. The molecular formula is C19H25NO4S. The van der Waals surface area contributed by atoms with E-state index in [1.54, 1.807) is 12.1 Å². The molecular weight excluding hydrogens is 338 g/mol. The van der Waals surface area contributed by atoms with Crippen molar-refractivity contribution in [2.45, 2.75) is 38.0 Å². The number of hydrogen-bond acceptors (Lipinski definition) is 5. The third kappa shape index (κ3) is 3.25. The lowest BCUT2D eigenvalue weighted by atomic mass is 9.51. The maximum Gasteiger partial charge on any atom is 0.341 e. The molecule has 4 atom stereocenters. The Morgan fingerprint density at radius 2 is 1.96 bits per heavy atom. The molecule has 1 saturated carbocycles. The van der Waals surface area contributed by atoms with Gasteiger partial charge >= 0.3 is 16.1 Å². The third-order valence-electron chi connectivity index (χ3n) is 5.81. The van der Waals surface area contributed by atoms with Gasteiger partial charge in [0, 0.05) is 0 Å². The first-order chi connectivity index (χ1) is 11.8. The van der Waals surface area contributed by atoms with Gasteiger partial charge in [0.25, 0.3) is 0 Å². The SMILES string of the molecule is CCC1C=C[C@@H]2[C@H]1C[C@]2(CN)CC(=O)OS(=O)(=O)c1ccc(C)cc1. The zero-order valence-corrected chi connectivity index (χ0v) is 15.5. The molecule has 5 nitrogen and oxygen atoms in total. The van der Waals surface area contributed by atoms with E-state index in [9.17, 15) is 13.2 Å². The second-order valence-corrected chi connectivity index (χ2v) is 8.86. The fraction of sp³-hybridized carbons (Fsp3) is 0.526. The number of rotatable bonds is 6. The highest BCUT2D eigenvalue weighted by Crippen LogP contribution is 2.60. The molecule has 3 rings (SSSR count). The van der Waals surface area contributed by atoms with Crippen molar-refractivity contribution in [1.82, 2.24) is 0 Å².